The summed E-state index contributed by atoms with van der Waals surface area (Å²) in [4.78, 5) is 23.7. The molecular weight excluding hydrogens is 244 g/mol. The minimum Gasteiger partial charge on any atom is -0.392 e. The number of hydrogen-bond acceptors (Lipinski definition) is 3. The second kappa shape index (κ2) is 5.84. The van der Waals surface area contributed by atoms with Crippen LogP contribution in [0.25, 0.3) is 0 Å². The topological polar surface area (TPSA) is 78.4 Å². The molecule has 0 aliphatic carbocycles. The third-order valence-electron chi connectivity index (χ3n) is 3.35. The standard InChI is InChI=1S/C14H18N2O3/c1-9(10-5-3-2-4-6-10)16-14(19)12-11(17)7-8-15-13(12)18/h2-6,9,11-12,17H,7-8H2,1H3,(H,15,18)(H,16,19). The van der Waals surface area contributed by atoms with Gasteiger partial charge in [0, 0.05) is 6.54 Å². The van der Waals surface area contributed by atoms with Gasteiger partial charge in [0.15, 0.2) is 0 Å². The molecular formula is C14H18N2O3. The lowest BCUT2D eigenvalue weighted by Gasteiger charge is -2.27. The van der Waals surface area contributed by atoms with Crippen LogP contribution in [0.15, 0.2) is 30.3 Å². The Labute approximate surface area is 112 Å². The van der Waals surface area contributed by atoms with Crippen molar-refractivity contribution in [1.82, 2.24) is 10.6 Å². The second-order valence-corrected chi connectivity index (χ2v) is 4.77. The number of nitrogens with one attached hydrogen (secondary N) is 2. The molecule has 3 unspecified atom stereocenters. The maximum Gasteiger partial charge on any atom is 0.235 e. The number of benzene rings is 1. The number of aliphatic hydroxyl groups is 1. The van der Waals surface area contributed by atoms with Crippen LogP contribution >= 0.6 is 0 Å². The Balaban J connectivity index is 2.02. The van der Waals surface area contributed by atoms with Crippen LogP contribution in [0.4, 0.5) is 0 Å². The Kier molecular flexibility index (Phi) is 4.16. The molecule has 1 fully saturated rings. The Hall–Kier alpha value is -1.88. The SMILES string of the molecule is CC(NC(=O)C1C(=O)NCCC1O)c1ccccc1. The Bertz CT molecular complexity index is 461. The van der Waals surface area contributed by atoms with Crippen molar-refractivity contribution >= 4 is 11.8 Å². The number of aliphatic hydroxyl groups excluding tert-OH is 1. The fraction of sp³-hybridized carbons (Fsp3) is 0.429. The first-order valence-corrected chi connectivity index (χ1v) is 6.40. The molecule has 5 heteroatoms. The van der Waals surface area contributed by atoms with Crippen molar-refractivity contribution in [2.24, 2.45) is 5.92 Å². The summed E-state index contributed by atoms with van der Waals surface area (Å²) in [6.07, 6.45) is -0.500. The summed E-state index contributed by atoms with van der Waals surface area (Å²) in [5.74, 6) is -1.85. The first kappa shape index (κ1) is 13.5. The number of hydrogen-bond donors (Lipinski definition) is 3. The zero-order valence-electron chi connectivity index (χ0n) is 10.8. The van der Waals surface area contributed by atoms with Crippen LogP contribution in [0.2, 0.25) is 0 Å². The third-order valence-corrected chi connectivity index (χ3v) is 3.35. The van der Waals surface area contributed by atoms with E-state index in [1.54, 1.807) is 0 Å². The summed E-state index contributed by atoms with van der Waals surface area (Å²) in [7, 11) is 0. The molecule has 19 heavy (non-hydrogen) atoms. The molecule has 102 valence electrons. The maximum absolute atomic E-state index is 12.1. The summed E-state index contributed by atoms with van der Waals surface area (Å²) < 4.78 is 0. The predicted octanol–water partition coefficient (Wildman–Crippen LogP) is 0.361. The lowest BCUT2D eigenvalue weighted by molar-refractivity contribution is -0.142. The maximum atomic E-state index is 12.1. The van der Waals surface area contributed by atoms with Gasteiger partial charge in [-0.3, -0.25) is 9.59 Å². The van der Waals surface area contributed by atoms with Gasteiger partial charge in [-0.15, -0.1) is 0 Å². The van der Waals surface area contributed by atoms with E-state index in [2.05, 4.69) is 10.6 Å². The van der Waals surface area contributed by atoms with E-state index in [0.29, 0.717) is 13.0 Å². The average molecular weight is 262 g/mol. The van der Waals surface area contributed by atoms with E-state index in [-0.39, 0.29) is 6.04 Å². The largest absolute Gasteiger partial charge is 0.392 e. The number of amides is 2. The second-order valence-electron chi connectivity index (χ2n) is 4.77. The summed E-state index contributed by atoms with van der Waals surface area (Å²) in [5, 5.41) is 15.1. The highest BCUT2D eigenvalue weighted by Gasteiger charge is 2.36. The van der Waals surface area contributed by atoms with Gasteiger partial charge < -0.3 is 15.7 Å². The highest BCUT2D eigenvalue weighted by Crippen LogP contribution is 2.16. The smallest absolute Gasteiger partial charge is 0.235 e. The van der Waals surface area contributed by atoms with Gasteiger partial charge in [-0.25, -0.2) is 0 Å². The predicted molar refractivity (Wildman–Crippen MR) is 70.1 cm³/mol. The van der Waals surface area contributed by atoms with Crippen molar-refractivity contribution in [3.05, 3.63) is 35.9 Å². The molecule has 5 nitrogen and oxygen atoms in total. The van der Waals surface area contributed by atoms with E-state index in [4.69, 9.17) is 0 Å². The molecule has 0 saturated carbocycles. The molecule has 1 aromatic carbocycles. The molecule has 2 rings (SSSR count). The van der Waals surface area contributed by atoms with E-state index in [1.807, 2.05) is 37.3 Å². The molecule has 1 aromatic rings. The number of carbonyl (C=O) groups is 2. The minimum absolute atomic E-state index is 0.198. The summed E-state index contributed by atoms with van der Waals surface area (Å²) in [6, 6.07) is 9.29. The number of carbonyl (C=O) groups excluding carboxylic acids is 2. The summed E-state index contributed by atoms with van der Waals surface area (Å²) in [5.41, 5.74) is 0.960. The molecule has 1 aliphatic rings. The summed E-state index contributed by atoms with van der Waals surface area (Å²) in [6.45, 7) is 2.26. The molecule has 1 aliphatic heterocycles. The fourth-order valence-electron chi connectivity index (χ4n) is 2.22. The van der Waals surface area contributed by atoms with Crippen LogP contribution in [0.1, 0.15) is 24.9 Å². The Morgan fingerprint density at radius 1 is 1.42 bits per heavy atom. The summed E-state index contributed by atoms with van der Waals surface area (Å²) >= 11 is 0. The molecule has 0 aromatic heterocycles. The molecule has 2 amide bonds. The van der Waals surface area contributed by atoms with Gasteiger partial charge in [-0.1, -0.05) is 30.3 Å². The lowest BCUT2D eigenvalue weighted by atomic mass is 9.93. The molecule has 0 spiro atoms. The third kappa shape index (κ3) is 3.12. The molecule has 0 bridgehead atoms. The monoisotopic (exact) mass is 262 g/mol. The molecule has 1 heterocycles. The van der Waals surface area contributed by atoms with E-state index in [0.717, 1.165) is 5.56 Å². The van der Waals surface area contributed by atoms with Crippen molar-refractivity contribution in [2.45, 2.75) is 25.5 Å². The lowest BCUT2D eigenvalue weighted by Crippen LogP contribution is -2.52. The van der Waals surface area contributed by atoms with Gasteiger partial charge in [0.2, 0.25) is 11.8 Å². The number of piperidine rings is 1. The minimum atomic E-state index is -1.01. The van der Waals surface area contributed by atoms with Crippen LogP contribution < -0.4 is 10.6 Å². The Morgan fingerprint density at radius 3 is 2.74 bits per heavy atom. The van der Waals surface area contributed by atoms with Gasteiger partial charge in [0.1, 0.15) is 5.92 Å². The van der Waals surface area contributed by atoms with E-state index in [1.165, 1.54) is 0 Å². The zero-order valence-corrected chi connectivity index (χ0v) is 10.8. The molecule has 1 saturated heterocycles. The van der Waals surface area contributed by atoms with Gasteiger partial charge in [-0.2, -0.15) is 0 Å². The highest BCUT2D eigenvalue weighted by molar-refractivity contribution is 6.01. The first-order valence-electron chi connectivity index (χ1n) is 6.40. The molecule has 3 N–H and O–H groups in total. The van der Waals surface area contributed by atoms with Crippen LogP contribution in [-0.2, 0) is 9.59 Å². The average Bonchev–Trinajstić information content (AvgIpc) is 2.39. The van der Waals surface area contributed by atoms with Gasteiger partial charge in [0.05, 0.1) is 12.1 Å². The van der Waals surface area contributed by atoms with Crippen LogP contribution in [0, 0.1) is 5.92 Å². The molecule has 0 radical (unpaired) electrons. The van der Waals surface area contributed by atoms with Crippen LogP contribution in [-0.4, -0.2) is 29.6 Å². The number of rotatable bonds is 3. The van der Waals surface area contributed by atoms with Crippen molar-refractivity contribution < 1.29 is 14.7 Å². The van der Waals surface area contributed by atoms with E-state index >= 15 is 0 Å². The first-order chi connectivity index (χ1) is 9.09. The van der Waals surface area contributed by atoms with E-state index in [9.17, 15) is 14.7 Å². The van der Waals surface area contributed by atoms with Crippen molar-refractivity contribution in [2.75, 3.05) is 6.54 Å². The van der Waals surface area contributed by atoms with Crippen LogP contribution in [0.5, 0.6) is 0 Å². The van der Waals surface area contributed by atoms with Crippen molar-refractivity contribution in [3.63, 3.8) is 0 Å². The van der Waals surface area contributed by atoms with Gasteiger partial charge in [-0.05, 0) is 18.9 Å². The van der Waals surface area contributed by atoms with Crippen molar-refractivity contribution in [3.8, 4) is 0 Å². The normalized spacial score (nSPS) is 24.4. The Morgan fingerprint density at radius 2 is 2.11 bits per heavy atom. The van der Waals surface area contributed by atoms with Crippen molar-refractivity contribution in [1.29, 1.82) is 0 Å². The quantitative estimate of drug-likeness (QED) is 0.688. The van der Waals surface area contributed by atoms with Gasteiger partial charge >= 0.3 is 0 Å². The fourth-order valence-corrected chi connectivity index (χ4v) is 2.22. The van der Waals surface area contributed by atoms with Gasteiger partial charge in [0.25, 0.3) is 0 Å². The highest BCUT2D eigenvalue weighted by atomic mass is 16.3. The molecule has 3 atom stereocenters. The van der Waals surface area contributed by atoms with Crippen LogP contribution in [0.3, 0.4) is 0 Å². The van der Waals surface area contributed by atoms with E-state index < -0.39 is 23.8 Å². The zero-order chi connectivity index (χ0) is 13.8.